The summed E-state index contributed by atoms with van der Waals surface area (Å²) >= 11 is 1.19. The molecule has 204 valence electrons. The number of carboxylic acids is 1. The predicted molar refractivity (Wildman–Crippen MR) is 134 cm³/mol. The van der Waals surface area contributed by atoms with Crippen molar-refractivity contribution in [3.05, 3.63) is 42.2 Å². The first-order valence-electron chi connectivity index (χ1n) is 11.4. The zero-order valence-corrected chi connectivity index (χ0v) is 22.4. The Morgan fingerprint density at radius 1 is 1.22 bits per heavy atom. The van der Waals surface area contributed by atoms with Gasteiger partial charge in [0.2, 0.25) is 21.3 Å². The molecule has 0 spiro atoms. The number of benzene rings is 2. The molecule has 0 unspecified atom stereocenters. The first kappa shape index (κ1) is 29.1. The average Bonchev–Trinajstić information content (AvgIpc) is 2.88. The number of ether oxygens (including phenoxy) is 1. The molecule has 0 aliphatic carbocycles. The Morgan fingerprint density at radius 2 is 1.89 bits per heavy atom. The lowest BCUT2D eigenvalue weighted by molar-refractivity contribution is -0.148. The fourth-order valence-corrected chi connectivity index (χ4v) is 6.15. The molecule has 3 rings (SSSR count). The molecule has 1 heterocycles. The molecule has 0 saturated carbocycles. The van der Waals surface area contributed by atoms with Gasteiger partial charge in [0.05, 0.1) is 20.9 Å². The second-order valence-corrected chi connectivity index (χ2v) is 12.6. The molecule has 12 heteroatoms. The van der Waals surface area contributed by atoms with Crippen molar-refractivity contribution in [2.75, 3.05) is 24.3 Å². The third-order valence-electron chi connectivity index (χ3n) is 6.17. The van der Waals surface area contributed by atoms with Crippen molar-refractivity contribution >= 4 is 38.9 Å². The quantitative estimate of drug-likeness (QED) is 0.283. The molecular weight excluding hydrogens is 534 g/mol. The molecule has 2 aromatic rings. The van der Waals surface area contributed by atoms with Crippen molar-refractivity contribution in [3.8, 4) is 5.75 Å². The van der Waals surface area contributed by atoms with Crippen molar-refractivity contribution in [1.82, 2.24) is 0 Å². The van der Waals surface area contributed by atoms with E-state index in [4.69, 9.17) is 4.74 Å². The van der Waals surface area contributed by atoms with Gasteiger partial charge in [-0.05, 0) is 57.7 Å². The van der Waals surface area contributed by atoms with E-state index in [-0.39, 0.29) is 30.3 Å². The van der Waals surface area contributed by atoms with Crippen molar-refractivity contribution in [1.29, 1.82) is 0 Å². The highest BCUT2D eigenvalue weighted by atomic mass is 32.2. The lowest BCUT2D eigenvalue weighted by atomic mass is 9.95. The number of sulfone groups is 1. The molecule has 1 aliphatic rings. The summed E-state index contributed by atoms with van der Waals surface area (Å²) in [5.41, 5.74) is -3.52. The van der Waals surface area contributed by atoms with E-state index in [0.717, 1.165) is 12.1 Å². The van der Waals surface area contributed by atoms with Gasteiger partial charge < -0.3 is 14.7 Å². The first-order valence-corrected chi connectivity index (χ1v) is 14.2. The third-order valence-corrected chi connectivity index (χ3v) is 8.84. The summed E-state index contributed by atoms with van der Waals surface area (Å²) in [5, 5.41) is 9.39. The van der Waals surface area contributed by atoms with E-state index in [2.05, 4.69) is 0 Å². The van der Waals surface area contributed by atoms with Crippen LogP contribution in [0.15, 0.2) is 46.2 Å². The summed E-state index contributed by atoms with van der Waals surface area (Å²) in [7, 11) is -4.70. The predicted octanol–water partition coefficient (Wildman–Crippen LogP) is 6.31. The second-order valence-electron chi connectivity index (χ2n) is 9.80. The lowest BCUT2D eigenvalue weighted by Crippen LogP contribution is -2.32. The molecule has 6 nitrogen and oxygen atoms in total. The van der Waals surface area contributed by atoms with Gasteiger partial charge in [0.1, 0.15) is 18.2 Å². The number of carboxylic acid groups (broad SMARTS) is 1. The van der Waals surface area contributed by atoms with Crippen LogP contribution in [-0.4, -0.2) is 50.3 Å². The number of aliphatic carboxylic acids is 1. The molecule has 37 heavy (non-hydrogen) atoms. The zero-order valence-electron chi connectivity index (χ0n) is 20.8. The van der Waals surface area contributed by atoms with Crippen molar-refractivity contribution in [3.63, 3.8) is 0 Å². The highest BCUT2D eigenvalue weighted by Crippen LogP contribution is 2.46. The first-order chi connectivity index (χ1) is 17.1. The summed E-state index contributed by atoms with van der Waals surface area (Å²) in [6.07, 6.45) is 0.545. The topological polar surface area (TPSA) is 83.9 Å². The standard InChI is InChI=1S/C25H29F4NO5S2/c1-24(2,23(31)32)14-35-19-12-21-18(11-20(19)36-4)30(17-7-5-6-16(26)10-17)13-15(8-9-25(3,28)29)22(27)37(21,33)34/h5-7,10-12,15,22H,8-9,13-14H2,1-4H3,(H,31,32)/t15-,22+/m1/s1. The maximum Gasteiger partial charge on any atom is 0.312 e. The van der Waals surface area contributed by atoms with Gasteiger partial charge in [-0.15, -0.1) is 11.8 Å². The number of hydrogen-bond acceptors (Lipinski definition) is 6. The molecule has 0 aromatic heterocycles. The molecule has 0 fully saturated rings. The number of carbonyl (C=O) groups is 1. The number of alkyl halides is 3. The maximum atomic E-state index is 15.6. The van der Waals surface area contributed by atoms with E-state index < -0.39 is 62.1 Å². The van der Waals surface area contributed by atoms with Crippen molar-refractivity contribution in [2.45, 2.75) is 54.8 Å². The minimum absolute atomic E-state index is 0.0362. The summed E-state index contributed by atoms with van der Waals surface area (Å²) < 4.78 is 89.6. The van der Waals surface area contributed by atoms with Crippen LogP contribution in [0.3, 0.4) is 0 Å². The molecule has 0 bridgehead atoms. The van der Waals surface area contributed by atoms with Crippen LogP contribution < -0.4 is 9.64 Å². The monoisotopic (exact) mass is 563 g/mol. The van der Waals surface area contributed by atoms with Crippen molar-refractivity contribution in [2.24, 2.45) is 11.3 Å². The van der Waals surface area contributed by atoms with Gasteiger partial charge in [0.15, 0.2) is 0 Å². The number of anilines is 2. The smallest absolute Gasteiger partial charge is 0.312 e. The molecule has 0 radical (unpaired) electrons. The van der Waals surface area contributed by atoms with Crippen LogP contribution in [0.5, 0.6) is 5.75 Å². The normalized spacial score (nSPS) is 19.7. The van der Waals surface area contributed by atoms with E-state index >= 15 is 4.39 Å². The molecule has 2 aromatic carbocycles. The Hall–Kier alpha value is -2.47. The Kier molecular flexibility index (Phi) is 8.43. The summed E-state index contributed by atoms with van der Waals surface area (Å²) in [6.45, 7) is 2.97. The number of hydrogen-bond donors (Lipinski definition) is 1. The maximum absolute atomic E-state index is 15.6. The van der Waals surface area contributed by atoms with E-state index in [9.17, 15) is 31.5 Å². The van der Waals surface area contributed by atoms with Crippen LogP contribution in [0.1, 0.15) is 33.6 Å². The SMILES string of the molecule is CSc1cc2c(cc1OCC(C)(C)C(=O)O)S(=O)(=O)[C@H](F)[C@H](CCC(C)(F)F)CN2c1cccc(F)c1. The fraction of sp³-hybridized carbons (Fsp3) is 0.480. The van der Waals surface area contributed by atoms with Crippen LogP contribution in [0.4, 0.5) is 28.9 Å². The molecule has 2 atom stereocenters. The van der Waals surface area contributed by atoms with E-state index in [0.29, 0.717) is 11.8 Å². The largest absolute Gasteiger partial charge is 0.491 e. The number of rotatable bonds is 9. The zero-order chi connectivity index (χ0) is 27.8. The Labute approximate surface area is 217 Å². The molecule has 1 aliphatic heterocycles. The number of nitrogens with zero attached hydrogens (tertiary/aromatic N) is 1. The number of thioether (sulfide) groups is 1. The Morgan fingerprint density at radius 3 is 2.46 bits per heavy atom. The van der Waals surface area contributed by atoms with Crippen LogP contribution in [-0.2, 0) is 14.6 Å². The third kappa shape index (κ3) is 6.51. The molecule has 0 saturated heterocycles. The van der Waals surface area contributed by atoms with Gasteiger partial charge in [-0.25, -0.2) is 26.0 Å². The van der Waals surface area contributed by atoms with Gasteiger partial charge >= 0.3 is 5.97 Å². The Bertz CT molecular complexity index is 1260. The minimum Gasteiger partial charge on any atom is -0.491 e. The van der Waals surface area contributed by atoms with Gasteiger partial charge in [0, 0.05) is 30.6 Å². The molecular formula is C25H29F4NO5S2. The minimum atomic E-state index is -4.70. The molecule has 1 N–H and O–H groups in total. The highest BCUT2D eigenvalue weighted by Gasteiger charge is 2.43. The van der Waals surface area contributed by atoms with Gasteiger partial charge in [-0.1, -0.05) is 6.07 Å². The molecule has 0 amide bonds. The van der Waals surface area contributed by atoms with Crippen LogP contribution >= 0.6 is 11.8 Å². The summed E-state index contributed by atoms with van der Waals surface area (Å²) in [5.74, 6) is -6.16. The van der Waals surface area contributed by atoms with Crippen LogP contribution in [0.2, 0.25) is 0 Å². The van der Waals surface area contributed by atoms with E-state index in [1.807, 2.05) is 0 Å². The number of fused-ring (bicyclic) bond motifs is 1. The van der Waals surface area contributed by atoms with Gasteiger partial charge in [-0.2, -0.15) is 0 Å². The highest BCUT2D eigenvalue weighted by molar-refractivity contribution is 7.98. The average molecular weight is 564 g/mol. The van der Waals surface area contributed by atoms with Crippen LogP contribution in [0.25, 0.3) is 0 Å². The van der Waals surface area contributed by atoms with E-state index in [1.54, 1.807) is 6.26 Å². The van der Waals surface area contributed by atoms with E-state index in [1.165, 1.54) is 54.8 Å². The van der Waals surface area contributed by atoms with Gasteiger partial charge in [-0.3, -0.25) is 4.79 Å². The van der Waals surface area contributed by atoms with Crippen molar-refractivity contribution < 1.29 is 40.6 Å². The summed E-state index contributed by atoms with van der Waals surface area (Å²) in [4.78, 5) is 12.9. The summed E-state index contributed by atoms with van der Waals surface area (Å²) in [6, 6.07) is 7.85. The lowest BCUT2D eigenvalue weighted by Gasteiger charge is -2.29. The van der Waals surface area contributed by atoms with Crippen LogP contribution in [0, 0.1) is 17.2 Å². The van der Waals surface area contributed by atoms with Gasteiger partial charge in [0.25, 0.3) is 0 Å². The second kappa shape index (κ2) is 10.7. The number of halogens is 4. The fourth-order valence-electron chi connectivity index (χ4n) is 3.90. The Balaban J connectivity index is 2.19.